The standard InChI is InChI=1S/C23H18N4O/c1-2-8-16(9-3-1)22-14-20(19-12-6-7-13-21(19)28-22)25-27-23-18-11-5-4-10-17(18)15-24-26-23/h1-13,15,22H,14H2,(H,26,27). The highest BCUT2D eigenvalue weighted by molar-refractivity contribution is 6.04. The first-order chi connectivity index (χ1) is 13.9. The number of nitrogens with one attached hydrogen (secondary N) is 1. The van der Waals surface area contributed by atoms with Crippen LogP contribution in [0.3, 0.4) is 0 Å². The van der Waals surface area contributed by atoms with Gasteiger partial charge in [-0.25, -0.2) is 0 Å². The lowest BCUT2D eigenvalue weighted by Gasteiger charge is -2.27. The van der Waals surface area contributed by atoms with Gasteiger partial charge in [-0.2, -0.15) is 10.2 Å². The van der Waals surface area contributed by atoms with Crippen molar-refractivity contribution in [3.63, 3.8) is 0 Å². The van der Waals surface area contributed by atoms with Crippen molar-refractivity contribution >= 4 is 22.3 Å². The van der Waals surface area contributed by atoms with Gasteiger partial charge in [-0.1, -0.05) is 66.7 Å². The molecule has 28 heavy (non-hydrogen) atoms. The smallest absolute Gasteiger partial charge is 0.176 e. The van der Waals surface area contributed by atoms with Gasteiger partial charge >= 0.3 is 0 Å². The molecular formula is C23H18N4O. The zero-order chi connectivity index (χ0) is 18.8. The van der Waals surface area contributed by atoms with Gasteiger partial charge in [0.2, 0.25) is 0 Å². The predicted molar refractivity (Wildman–Crippen MR) is 111 cm³/mol. The first-order valence-corrected chi connectivity index (χ1v) is 9.22. The lowest BCUT2D eigenvalue weighted by Crippen LogP contribution is -2.22. The highest BCUT2D eigenvalue weighted by atomic mass is 16.5. The highest BCUT2D eigenvalue weighted by Crippen LogP contribution is 2.35. The van der Waals surface area contributed by atoms with Crippen LogP contribution in [0.2, 0.25) is 0 Å². The van der Waals surface area contributed by atoms with Crippen LogP contribution < -0.4 is 10.2 Å². The summed E-state index contributed by atoms with van der Waals surface area (Å²) in [6.07, 6.45) is 2.35. The molecule has 1 aromatic heterocycles. The summed E-state index contributed by atoms with van der Waals surface area (Å²) in [6, 6.07) is 26.2. The summed E-state index contributed by atoms with van der Waals surface area (Å²) < 4.78 is 6.23. The van der Waals surface area contributed by atoms with E-state index in [2.05, 4.69) is 27.8 Å². The minimum Gasteiger partial charge on any atom is -0.485 e. The molecule has 5 nitrogen and oxygen atoms in total. The molecule has 5 rings (SSSR count). The van der Waals surface area contributed by atoms with E-state index in [1.54, 1.807) is 6.20 Å². The number of aromatic nitrogens is 2. The molecule has 0 bridgehead atoms. The molecule has 0 aliphatic carbocycles. The first-order valence-electron chi connectivity index (χ1n) is 9.22. The summed E-state index contributed by atoms with van der Waals surface area (Å²) >= 11 is 0. The van der Waals surface area contributed by atoms with Crippen LogP contribution in [0.25, 0.3) is 10.8 Å². The average Bonchev–Trinajstić information content (AvgIpc) is 2.78. The average molecular weight is 366 g/mol. The number of hydrogen-bond acceptors (Lipinski definition) is 5. The lowest BCUT2D eigenvalue weighted by molar-refractivity contribution is 0.206. The molecule has 3 aromatic carbocycles. The maximum atomic E-state index is 6.23. The number of fused-ring (bicyclic) bond motifs is 2. The first kappa shape index (κ1) is 16.4. The number of hydrazone groups is 1. The van der Waals surface area contributed by atoms with Gasteiger partial charge in [0.1, 0.15) is 11.9 Å². The van der Waals surface area contributed by atoms with E-state index in [-0.39, 0.29) is 6.10 Å². The van der Waals surface area contributed by atoms with Crippen molar-refractivity contribution in [2.24, 2.45) is 5.10 Å². The SMILES string of the molecule is c1ccc(C2CC(=NNc3nncc4ccccc34)c3ccccc3O2)cc1. The van der Waals surface area contributed by atoms with Gasteiger partial charge in [-0.3, -0.25) is 5.43 Å². The highest BCUT2D eigenvalue weighted by Gasteiger charge is 2.26. The van der Waals surface area contributed by atoms with Gasteiger partial charge in [-0.15, -0.1) is 5.10 Å². The monoisotopic (exact) mass is 366 g/mol. The van der Waals surface area contributed by atoms with Gasteiger partial charge in [0.25, 0.3) is 0 Å². The third-order valence-corrected chi connectivity index (χ3v) is 4.88. The fraction of sp³-hybridized carbons (Fsp3) is 0.0870. The Bertz CT molecular complexity index is 1150. The molecule has 1 aliphatic heterocycles. The van der Waals surface area contributed by atoms with E-state index in [0.29, 0.717) is 12.2 Å². The molecule has 0 amide bonds. The Labute approximate surface area is 162 Å². The topological polar surface area (TPSA) is 59.4 Å². The number of rotatable bonds is 3. The second-order valence-corrected chi connectivity index (χ2v) is 6.67. The van der Waals surface area contributed by atoms with Gasteiger partial charge in [-0.05, 0) is 17.7 Å². The van der Waals surface area contributed by atoms with Crippen molar-refractivity contribution in [2.75, 3.05) is 5.43 Å². The molecule has 1 N–H and O–H groups in total. The van der Waals surface area contributed by atoms with E-state index in [0.717, 1.165) is 33.4 Å². The molecule has 5 heteroatoms. The Morgan fingerprint density at radius 2 is 1.68 bits per heavy atom. The molecule has 136 valence electrons. The van der Waals surface area contributed by atoms with Crippen LogP contribution in [0, 0.1) is 0 Å². The third-order valence-electron chi connectivity index (χ3n) is 4.88. The molecule has 1 aliphatic rings. The second kappa shape index (κ2) is 7.12. The Morgan fingerprint density at radius 3 is 2.61 bits per heavy atom. The summed E-state index contributed by atoms with van der Waals surface area (Å²) in [4.78, 5) is 0. The number of para-hydroxylation sites is 1. The molecule has 1 atom stereocenters. The molecular weight excluding hydrogens is 348 g/mol. The largest absolute Gasteiger partial charge is 0.485 e. The summed E-state index contributed by atoms with van der Waals surface area (Å²) in [5.74, 6) is 1.48. The fourth-order valence-corrected chi connectivity index (χ4v) is 3.48. The van der Waals surface area contributed by atoms with Crippen molar-refractivity contribution in [1.82, 2.24) is 10.2 Å². The number of ether oxygens (including phenoxy) is 1. The minimum absolute atomic E-state index is 0.0738. The van der Waals surface area contributed by atoms with Gasteiger partial charge < -0.3 is 4.74 Å². The van der Waals surface area contributed by atoms with Gasteiger partial charge in [0.05, 0.1) is 11.9 Å². The second-order valence-electron chi connectivity index (χ2n) is 6.67. The van der Waals surface area contributed by atoms with Gasteiger partial charge in [0, 0.05) is 22.8 Å². The number of anilines is 1. The number of benzene rings is 3. The van der Waals surface area contributed by atoms with E-state index in [1.807, 2.05) is 66.7 Å². The third kappa shape index (κ3) is 3.07. The summed E-state index contributed by atoms with van der Waals surface area (Å²) in [5.41, 5.74) is 6.19. The Kier molecular flexibility index (Phi) is 4.18. The molecule has 0 fully saturated rings. The zero-order valence-corrected chi connectivity index (χ0v) is 15.1. The van der Waals surface area contributed by atoms with Crippen LogP contribution in [-0.2, 0) is 0 Å². The summed E-state index contributed by atoms with van der Waals surface area (Å²) in [7, 11) is 0. The maximum absolute atomic E-state index is 6.23. The van der Waals surface area contributed by atoms with Crippen molar-refractivity contribution in [1.29, 1.82) is 0 Å². The maximum Gasteiger partial charge on any atom is 0.176 e. The summed E-state index contributed by atoms with van der Waals surface area (Å²) in [6.45, 7) is 0. The van der Waals surface area contributed by atoms with Crippen LogP contribution in [0.5, 0.6) is 5.75 Å². The van der Waals surface area contributed by atoms with E-state index in [9.17, 15) is 0 Å². The zero-order valence-electron chi connectivity index (χ0n) is 15.1. The summed E-state index contributed by atoms with van der Waals surface area (Å²) in [5, 5.41) is 15.0. The predicted octanol–water partition coefficient (Wildman–Crippen LogP) is 4.97. The van der Waals surface area contributed by atoms with Crippen LogP contribution in [0.4, 0.5) is 5.82 Å². The Hall–Kier alpha value is -3.73. The molecule has 1 unspecified atom stereocenters. The van der Waals surface area contributed by atoms with Crippen LogP contribution >= 0.6 is 0 Å². The van der Waals surface area contributed by atoms with E-state index in [4.69, 9.17) is 9.84 Å². The van der Waals surface area contributed by atoms with E-state index < -0.39 is 0 Å². The number of hydrogen-bond donors (Lipinski definition) is 1. The van der Waals surface area contributed by atoms with Gasteiger partial charge in [0.15, 0.2) is 5.82 Å². The van der Waals surface area contributed by atoms with Crippen LogP contribution in [0.1, 0.15) is 23.7 Å². The molecule has 0 radical (unpaired) electrons. The number of nitrogens with zero attached hydrogens (tertiary/aromatic N) is 3. The van der Waals surface area contributed by atoms with E-state index >= 15 is 0 Å². The van der Waals surface area contributed by atoms with Crippen LogP contribution in [-0.4, -0.2) is 15.9 Å². The van der Waals surface area contributed by atoms with Crippen molar-refractivity contribution in [3.05, 3.63) is 96.2 Å². The van der Waals surface area contributed by atoms with Crippen molar-refractivity contribution < 1.29 is 4.74 Å². The normalized spacial score (nSPS) is 17.1. The van der Waals surface area contributed by atoms with E-state index in [1.165, 1.54) is 0 Å². The molecule has 0 spiro atoms. The minimum atomic E-state index is -0.0738. The molecule has 4 aromatic rings. The van der Waals surface area contributed by atoms with Crippen molar-refractivity contribution in [2.45, 2.75) is 12.5 Å². The van der Waals surface area contributed by atoms with Crippen LogP contribution in [0.15, 0.2) is 90.2 Å². The molecule has 0 saturated heterocycles. The molecule has 2 heterocycles. The quantitative estimate of drug-likeness (QED) is 0.520. The fourth-order valence-electron chi connectivity index (χ4n) is 3.48. The Balaban J connectivity index is 1.52. The van der Waals surface area contributed by atoms with Crippen molar-refractivity contribution in [3.8, 4) is 5.75 Å². The Morgan fingerprint density at radius 1 is 0.893 bits per heavy atom. The lowest BCUT2D eigenvalue weighted by atomic mass is 9.96. The molecule has 0 saturated carbocycles.